The van der Waals surface area contributed by atoms with E-state index < -0.39 is 0 Å². The fourth-order valence-corrected chi connectivity index (χ4v) is 3.36. The van der Waals surface area contributed by atoms with Gasteiger partial charge in [0.25, 0.3) is 0 Å². The number of aromatic nitrogens is 1. The second-order valence-electron chi connectivity index (χ2n) is 7.35. The standard InChI is InChI=1S/C22H32N6/c1-23-22(26-17-21-6-3-4-11-24-21)25-16-19-7-9-20(10-8-19)18-28-13-5-12-27(2)14-15-28/h3-4,6-11H,5,12-18H2,1-2H3,(H2,23,25,26). The Labute approximate surface area is 168 Å². The van der Waals surface area contributed by atoms with Gasteiger partial charge < -0.3 is 15.5 Å². The maximum absolute atomic E-state index is 4.32. The molecule has 0 spiro atoms. The van der Waals surface area contributed by atoms with E-state index in [-0.39, 0.29) is 0 Å². The van der Waals surface area contributed by atoms with Crippen molar-refractivity contribution in [2.24, 2.45) is 4.99 Å². The molecule has 0 radical (unpaired) electrons. The summed E-state index contributed by atoms with van der Waals surface area (Å²) in [6.45, 7) is 7.14. The van der Waals surface area contributed by atoms with E-state index in [1.165, 1.54) is 30.6 Å². The number of pyridine rings is 1. The number of likely N-dealkylation sites (N-methyl/N-ethyl adjacent to an activating group) is 1. The zero-order valence-electron chi connectivity index (χ0n) is 17.1. The topological polar surface area (TPSA) is 55.8 Å². The Bertz CT molecular complexity index is 728. The molecule has 1 saturated heterocycles. The molecule has 0 unspecified atom stereocenters. The number of aliphatic imine (C=N–C) groups is 1. The number of benzene rings is 1. The van der Waals surface area contributed by atoms with Crippen LogP contribution in [0.15, 0.2) is 53.7 Å². The Morgan fingerprint density at radius 1 is 0.964 bits per heavy atom. The fourth-order valence-electron chi connectivity index (χ4n) is 3.36. The average Bonchev–Trinajstić information content (AvgIpc) is 2.94. The summed E-state index contributed by atoms with van der Waals surface area (Å²) < 4.78 is 0. The highest BCUT2D eigenvalue weighted by Crippen LogP contribution is 2.10. The van der Waals surface area contributed by atoms with Crippen LogP contribution in [0.5, 0.6) is 0 Å². The molecule has 0 aliphatic carbocycles. The molecule has 2 heterocycles. The van der Waals surface area contributed by atoms with Gasteiger partial charge in [0.1, 0.15) is 0 Å². The van der Waals surface area contributed by atoms with Crippen LogP contribution in [0.1, 0.15) is 23.2 Å². The first-order valence-corrected chi connectivity index (χ1v) is 10.1. The number of hydrogen-bond acceptors (Lipinski definition) is 4. The monoisotopic (exact) mass is 380 g/mol. The van der Waals surface area contributed by atoms with Crippen LogP contribution in [0, 0.1) is 0 Å². The van der Waals surface area contributed by atoms with Crippen molar-refractivity contribution < 1.29 is 0 Å². The summed E-state index contributed by atoms with van der Waals surface area (Å²) in [5.74, 6) is 0.781. The van der Waals surface area contributed by atoms with E-state index >= 15 is 0 Å². The molecule has 1 fully saturated rings. The highest BCUT2D eigenvalue weighted by atomic mass is 15.2. The van der Waals surface area contributed by atoms with Crippen molar-refractivity contribution in [3.05, 3.63) is 65.5 Å². The molecule has 2 N–H and O–H groups in total. The molecule has 0 amide bonds. The fraction of sp³-hybridized carbons (Fsp3) is 0.455. The van der Waals surface area contributed by atoms with Crippen molar-refractivity contribution in [1.82, 2.24) is 25.4 Å². The summed E-state index contributed by atoms with van der Waals surface area (Å²) in [7, 11) is 4.00. The van der Waals surface area contributed by atoms with Crippen molar-refractivity contribution in [3.8, 4) is 0 Å². The zero-order chi connectivity index (χ0) is 19.6. The Hall–Kier alpha value is -2.44. The summed E-state index contributed by atoms with van der Waals surface area (Å²) in [4.78, 5) is 13.6. The molecule has 3 rings (SSSR count). The van der Waals surface area contributed by atoms with Crippen molar-refractivity contribution >= 4 is 5.96 Å². The molecule has 1 aliphatic heterocycles. The molecule has 6 heteroatoms. The summed E-state index contributed by atoms with van der Waals surface area (Å²) >= 11 is 0. The first-order chi connectivity index (χ1) is 13.7. The van der Waals surface area contributed by atoms with Crippen LogP contribution in [0.3, 0.4) is 0 Å². The summed E-state index contributed by atoms with van der Waals surface area (Å²) in [5.41, 5.74) is 3.63. The number of guanidine groups is 1. The van der Waals surface area contributed by atoms with Crippen molar-refractivity contribution in [3.63, 3.8) is 0 Å². The van der Waals surface area contributed by atoms with Crippen molar-refractivity contribution in [1.29, 1.82) is 0 Å². The third-order valence-electron chi connectivity index (χ3n) is 5.09. The smallest absolute Gasteiger partial charge is 0.191 e. The highest BCUT2D eigenvalue weighted by molar-refractivity contribution is 5.79. The van der Waals surface area contributed by atoms with Crippen molar-refractivity contribution in [2.45, 2.75) is 26.1 Å². The number of nitrogens with one attached hydrogen (secondary N) is 2. The number of rotatable bonds is 6. The van der Waals surface area contributed by atoms with E-state index in [0.717, 1.165) is 37.8 Å². The zero-order valence-corrected chi connectivity index (χ0v) is 17.1. The van der Waals surface area contributed by atoms with E-state index in [9.17, 15) is 0 Å². The van der Waals surface area contributed by atoms with Gasteiger partial charge in [-0.15, -0.1) is 0 Å². The first kappa shape index (κ1) is 20.3. The largest absolute Gasteiger partial charge is 0.352 e. The van der Waals surface area contributed by atoms with Gasteiger partial charge in [-0.05, 0) is 49.8 Å². The molecule has 1 aliphatic rings. The third-order valence-corrected chi connectivity index (χ3v) is 5.09. The minimum absolute atomic E-state index is 0.657. The van der Waals surface area contributed by atoms with Gasteiger partial charge in [0, 0.05) is 39.4 Å². The number of nitrogens with zero attached hydrogens (tertiary/aromatic N) is 4. The molecule has 0 bridgehead atoms. The van der Waals surface area contributed by atoms with Crippen LogP contribution in [-0.4, -0.2) is 61.0 Å². The highest BCUT2D eigenvalue weighted by Gasteiger charge is 2.12. The lowest BCUT2D eigenvalue weighted by molar-refractivity contribution is 0.269. The lowest BCUT2D eigenvalue weighted by Gasteiger charge is -2.20. The van der Waals surface area contributed by atoms with Crippen LogP contribution >= 0.6 is 0 Å². The summed E-state index contributed by atoms with van der Waals surface area (Å²) in [5, 5.41) is 6.66. The molecule has 1 aromatic carbocycles. The Balaban J connectivity index is 1.44. The molecule has 1 aromatic heterocycles. The molecule has 0 atom stereocenters. The van der Waals surface area contributed by atoms with E-state index in [1.54, 1.807) is 13.2 Å². The third kappa shape index (κ3) is 6.62. The molecular formula is C22H32N6. The van der Waals surface area contributed by atoms with Gasteiger partial charge in [-0.1, -0.05) is 30.3 Å². The van der Waals surface area contributed by atoms with Gasteiger partial charge in [0.05, 0.1) is 12.2 Å². The Morgan fingerprint density at radius 2 is 1.75 bits per heavy atom. The van der Waals surface area contributed by atoms with E-state index in [0.29, 0.717) is 6.54 Å². The maximum Gasteiger partial charge on any atom is 0.191 e. The average molecular weight is 381 g/mol. The molecule has 6 nitrogen and oxygen atoms in total. The first-order valence-electron chi connectivity index (χ1n) is 10.1. The van der Waals surface area contributed by atoms with Gasteiger partial charge in [-0.3, -0.25) is 14.9 Å². The predicted molar refractivity (Wildman–Crippen MR) is 115 cm³/mol. The van der Waals surface area contributed by atoms with Crippen LogP contribution < -0.4 is 10.6 Å². The van der Waals surface area contributed by atoms with Gasteiger partial charge in [-0.25, -0.2) is 0 Å². The lowest BCUT2D eigenvalue weighted by atomic mass is 10.1. The van der Waals surface area contributed by atoms with Gasteiger partial charge in [0.2, 0.25) is 0 Å². The summed E-state index contributed by atoms with van der Waals surface area (Å²) in [6, 6.07) is 14.8. The second-order valence-corrected chi connectivity index (χ2v) is 7.35. The SMILES string of the molecule is CN=C(NCc1ccc(CN2CCCN(C)CC2)cc1)NCc1ccccn1. The predicted octanol–water partition coefficient (Wildman–Crippen LogP) is 2.08. The normalized spacial score (nSPS) is 16.6. The molecular weight excluding hydrogens is 348 g/mol. The van der Waals surface area contributed by atoms with Gasteiger partial charge >= 0.3 is 0 Å². The minimum Gasteiger partial charge on any atom is -0.352 e. The van der Waals surface area contributed by atoms with Crippen molar-refractivity contribution in [2.75, 3.05) is 40.3 Å². The molecule has 2 aromatic rings. The van der Waals surface area contributed by atoms with Gasteiger partial charge in [0.15, 0.2) is 5.96 Å². The lowest BCUT2D eigenvalue weighted by Crippen LogP contribution is -2.36. The number of hydrogen-bond donors (Lipinski definition) is 2. The van der Waals surface area contributed by atoms with Crippen LogP contribution in [0.4, 0.5) is 0 Å². The van der Waals surface area contributed by atoms with Crippen LogP contribution in [0.2, 0.25) is 0 Å². The Kier molecular flexibility index (Phi) is 7.82. The van der Waals surface area contributed by atoms with E-state index in [4.69, 9.17) is 0 Å². The van der Waals surface area contributed by atoms with E-state index in [2.05, 4.69) is 61.7 Å². The van der Waals surface area contributed by atoms with Gasteiger partial charge in [-0.2, -0.15) is 0 Å². The quantitative estimate of drug-likeness (QED) is 0.594. The molecule has 28 heavy (non-hydrogen) atoms. The summed E-state index contributed by atoms with van der Waals surface area (Å²) in [6.07, 6.45) is 3.06. The van der Waals surface area contributed by atoms with E-state index in [1.807, 2.05) is 18.2 Å². The van der Waals surface area contributed by atoms with Crippen LogP contribution in [0.25, 0.3) is 0 Å². The maximum atomic E-state index is 4.32. The minimum atomic E-state index is 0.657. The Morgan fingerprint density at radius 3 is 2.50 bits per heavy atom. The molecule has 150 valence electrons. The second kappa shape index (κ2) is 10.8. The van der Waals surface area contributed by atoms with Crippen LogP contribution in [-0.2, 0) is 19.6 Å². The molecule has 0 saturated carbocycles.